The van der Waals surface area contributed by atoms with Gasteiger partial charge in [0.25, 0.3) is 5.56 Å². The van der Waals surface area contributed by atoms with Gasteiger partial charge < -0.3 is 10.2 Å². The van der Waals surface area contributed by atoms with Crippen LogP contribution in [0.15, 0.2) is 35.3 Å². The molecule has 3 rings (SSSR count). The summed E-state index contributed by atoms with van der Waals surface area (Å²) >= 11 is 12.2. The van der Waals surface area contributed by atoms with E-state index in [9.17, 15) is 4.79 Å². The van der Waals surface area contributed by atoms with Crippen LogP contribution in [0.5, 0.6) is 0 Å². The second-order valence-electron chi connectivity index (χ2n) is 4.89. The molecular weight excluding hydrogens is 311 g/mol. The SMILES string of the molecule is O=c1c(Cl)c(N2CC[NH2+]CC2)cnn1-c1cccc(Cl)c1. The van der Waals surface area contributed by atoms with Gasteiger partial charge in [-0.1, -0.05) is 29.3 Å². The topological polar surface area (TPSA) is 54.7 Å². The third-order valence-corrected chi connectivity index (χ3v) is 4.09. The molecule has 0 bridgehead atoms. The number of anilines is 1. The van der Waals surface area contributed by atoms with E-state index in [1.165, 1.54) is 4.68 Å². The Morgan fingerprint density at radius 3 is 2.67 bits per heavy atom. The molecule has 1 fully saturated rings. The van der Waals surface area contributed by atoms with Gasteiger partial charge in [-0.3, -0.25) is 4.79 Å². The van der Waals surface area contributed by atoms with Crippen molar-refractivity contribution in [2.75, 3.05) is 31.1 Å². The quantitative estimate of drug-likeness (QED) is 0.893. The second-order valence-corrected chi connectivity index (χ2v) is 5.71. The first-order valence-electron chi connectivity index (χ1n) is 6.77. The van der Waals surface area contributed by atoms with E-state index in [0.29, 0.717) is 16.4 Å². The normalized spacial score (nSPS) is 15.2. The van der Waals surface area contributed by atoms with Gasteiger partial charge in [0.1, 0.15) is 5.02 Å². The highest BCUT2D eigenvalue weighted by Gasteiger charge is 2.19. The Hall–Kier alpha value is -1.56. The third kappa shape index (κ3) is 2.90. The molecule has 1 aliphatic heterocycles. The molecule has 0 radical (unpaired) electrons. The molecule has 0 atom stereocenters. The number of aromatic nitrogens is 2. The fraction of sp³-hybridized carbons (Fsp3) is 0.286. The number of piperazine rings is 1. The summed E-state index contributed by atoms with van der Waals surface area (Å²) in [5.41, 5.74) is 0.979. The van der Waals surface area contributed by atoms with Gasteiger partial charge in [0.2, 0.25) is 0 Å². The summed E-state index contributed by atoms with van der Waals surface area (Å²) < 4.78 is 1.27. The minimum atomic E-state index is -0.328. The number of quaternary nitrogens is 1. The minimum absolute atomic E-state index is 0.201. The summed E-state index contributed by atoms with van der Waals surface area (Å²) in [6, 6.07) is 6.97. The van der Waals surface area contributed by atoms with Crippen LogP contribution in [0.25, 0.3) is 5.69 Å². The molecule has 7 heteroatoms. The summed E-state index contributed by atoms with van der Waals surface area (Å²) in [7, 11) is 0. The van der Waals surface area contributed by atoms with Crippen LogP contribution in [0.4, 0.5) is 5.69 Å². The Bertz CT molecular complexity index is 710. The third-order valence-electron chi connectivity index (χ3n) is 3.50. The van der Waals surface area contributed by atoms with Gasteiger partial charge in [-0.25, -0.2) is 0 Å². The van der Waals surface area contributed by atoms with E-state index in [-0.39, 0.29) is 10.6 Å². The molecule has 21 heavy (non-hydrogen) atoms. The minimum Gasteiger partial charge on any atom is -0.358 e. The lowest BCUT2D eigenvalue weighted by Gasteiger charge is -2.27. The lowest BCUT2D eigenvalue weighted by molar-refractivity contribution is -0.655. The van der Waals surface area contributed by atoms with Gasteiger partial charge in [0.15, 0.2) is 0 Å². The van der Waals surface area contributed by atoms with Crippen molar-refractivity contribution in [3.8, 4) is 5.69 Å². The fourth-order valence-electron chi connectivity index (χ4n) is 2.43. The van der Waals surface area contributed by atoms with Crippen LogP contribution in [0.2, 0.25) is 10.0 Å². The summed E-state index contributed by atoms with van der Waals surface area (Å²) in [6.07, 6.45) is 1.65. The molecule has 110 valence electrons. The van der Waals surface area contributed by atoms with Gasteiger partial charge in [-0.2, -0.15) is 9.78 Å². The summed E-state index contributed by atoms with van der Waals surface area (Å²) in [5.74, 6) is 0. The maximum Gasteiger partial charge on any atom is 0.292 e. The monoisotopic (exact) mass is 325 g/mol. The molecule has 2 N–H and O–H groups in total. The van der Waals surface area contributed by atoms with E-state index in [0.717, 1.165) is 26.2 Å². The number of halogens is 2. The molecule has 1 aliphatic rings. The zero-order chi connectivity index (χ0) is 14.8. The summed E-state index contributed by atoms with van der Waals surface area (Å²) in [6.45, 7) is 3.71. The molecule has 0 spiro atoms. The van der Waals surface area contributed by atoms with E-state index in [2.05, 4.69) is 15.3 Å². The zero-order valence-corrected chi connectivity index (χ0v) is 12.8. The number of nitrogens with two attached hydrogens (primary N) is 1. The lowest BCUT2D eigenvalue weighted by Crippen LogP contribution is -2.89. The van der Waals surface area contributed by atoms with Crippen molar-refractivity contribution in [2.45, 2.75) is 0 Å². The Morgan fingerprint density at radius 2 is 1.95 bits per heavy atom. The van der Waals surface area contributed by atoms with Crippen molar-refractivity contribution in [2.24, 2.45) is 0 Å². The maximum atomic E-state index is 12.4. The van der Waals surface area contributed by atoms with Crippen LogP contribution in [0.3, 0.4) is 0 Å². The highest BCUT2D eigenvalue weighted by atomic mass is 35.5. The average molecular weight is 326 g/mol. The maximum absolute atomic E-state index is 12.4. The van der Waals surface area contributed by atoms with Crippen LogP contribution in [-0.4, -0.2) is 36.0 Å². The van der Waals surface area contributed by atoms with E-state index in [1.807, 2.05) is 0 Å². The van der Waals surface area contributed by atoms with Gasteiger partial charge in [-0.05, 0) is 18.2 Å². The van der Waals surface area contributed by atoms with Crippen molar-refractivity contribution in [3.05, 3.63) is 50.9 Å². The van der Waals surface area contributed by atoms with Gasteiger partial charge >= 0.3 is 0 Å². The lowest BCUT2D eigenvalue weighted by atomic mass is 10.3. The Labute approximate surface area is 132 Å². The van der Waals surface area contributed by atoms with Crippen LogP contribution in [0.1, 0.15) is 0 Å². The van der Waals surface area contributed by atoms with Gasteiger partial charge in [0, 0.05) is 5.02 Å². The Kier molecular flexibility index (Phi) is 4.14. The highest BCUT2D eigenvalue weighted by molar-refractivity contribution is 6.33. The van der Waals surface area contributed by atoms with Crippen molar-refractivity contribution in [1.82, 2.24) is 9.78 Å². The van der Waals surface area contributed by atoms with Crippen LogP contribution in [0, 0.1) is 0 Å². The number of hydrogen-bond donors (Lipinski definition) is 1. The van der Waals surface area contributed by atoms with Crippen molar-refractivity contribution >= 4 is 28.9 Å². The number of benzene rings is 1. The first-order valence-corrected chi connectivity index (χ1v) is 7.53. The Morgan fingerprint density at radius 1 is 1.19 bits per heavy atom. The average Bonchev–Trinajstić information content (AvgIpc) is 2.51. The van der Waals surface area contributed by atoms with Crippen molar-refractivity contribution in [3.63, 3.8) is 0 Å². The number of rotatable bonds is 2. The largest absolute Gasteiger partial charge is 0.358 e. The van der Waals surface area contributed by atoms with Crippen LogP contribution in [-0.2, 0) is 0 Å². The fourth-order valence-corrected chi connectivity index (χ4v) is 2.86. The van der Waals surface area contributed by atoms with E-state index in [1.54, 1.807) is 30.5 Å². The molecule has 1 aromatic heterocycles. The summed E-state index contributed by atoms with van der Waals surface area (Å²) in [5, 5.41) is 7.23. The van der Waals surface area contributed by atoms with E-state index >= 15 is 0 Å². The molecule has 0 aliphatic carbocycles. The predicted molar refractivity (Wildman–Crippen MR) is 83.7 cm³/mol. The predicted octanol–water partition coefficient (Wildman–Crippen LogP) is 0.923. The van der Waals surface area contributed by atoms with Crippen LogP contribution >= 0.6 is 23.2 Å². The zero-order valence-electron chi connectivity index (χ0n) is 11.3. The number of hydrogen-bond acceptors (Lipinski definition) is 3. The first-order chi connectivity index (χ1) is 10.2. The van der Waals surface area contributed by atoms with Crippen molar-refractivity contribution < 1.29 is 5.32 Å². The number of nitrogens with zero attached hydrogens (tertiary/aromatic N) is 3. The van der Waals surface area contributed by atoms with Crippen LogP contribution < -0.4 is 15.8 Å². The molecule has 2 aromatic rings. The van der Waals surface area contributed by atoms with E-state index < -0.39 is 0 Å². The molecule has 0 amide bonds. The van der Waals surface area contributed by atoms with Crippen molar-refractivity contribution in [1.29, 1.82) is 0 Å². The molecule has 0 unspecified atom stereocenters. The smallest absolute Gasteiger partial charge is 0.292 e. The summed E-state index contributed by atoms with van der Waals surface area (Å²) in [4.78, 5) is 14.5. The van der Waals surface area contributed by atoms with E-state index in [4.69, 9.17) is 23.2 Å². The standard InChI is InChI=1S/C14H14Cl2N4O/c15-10-2-1-3-11(8-10)20-14(21)13(16)12(9-18-20)19-6-4-17-5-7-19/h1-3,8-9,17H,4-7H2/p+1. The molecular formula is C14H15Cl2N4O+. The molecule has 2 heterocycles. The Balaban J connectivity index is 2.02. The molecule has 0 saturated carbocycles. The van der Waals surface area contributed by atoms with Gasteiger partial charge in [0.05, 0.1) is 43.8 Å². The first kappa shape index (κ1) is 14.4. The second kappa shape index (κ2) is 6.05. The van der Waals surface area contributed by atoms with Gasteiger partial charge in [-0.15, -0.1) is 0 Å². The molecule has 1 saturated heterocycles. The highest BCUT2D eigenvalue weighted by Crippen LogP contribution is 2.22. The molecule has 5 nitrogen and oxygen atoms in total. The molecule has 1 aromatic carbocycles.